The Bertz CT molecular complexity index is 1110. The molecule has 4 rings (SSSR count). The summed E-state index contributed by atoms with van der Waals surface area (Å²) in [4.78, 5) is 17.6. The van der Waals surface area contributed by atoms with Gasteiger partial charge in [-0.2, -0.15) is 5.10 Å². The van der Waals surface area contributed by atoms with Gasteiger partial charge in [-0.15, -0.1) is 0 Å². The van der Waals surface area contributed by atoms with Gasteiger partial charge in [0.05, 0.1) is 11.4 Å². The minimum atomic E-state index is -0.0393. The van der Waals surface area contributed by atoms with Gasteiger partial charge < -0.3 is 15.1 Å². The highest BCUT2D eigenvalue weighted by atomic mass is 32.1. The number of hydrogen-bond donors (Lipinski definition) is 2. The van der Waals surface area contributed by atoms with E-state index in [9.17, 15) is 4.79 Å². The third-order valence-corrected chi connectivity index (χ3v) is 6.28. The third kappa shape index (κ3) is 5.08. The number of anilines is 2. The van der Waals surface area contributed by atoms with Crippen molar-refractivity contribution in [1.29, 1.82) is 0 Å². The quantitative estimate of drug-likeness (QED) is 0.531. The van der Waals surface area contributed by atoms with Crippen molar-refractivity contribution in [1.82, 2.24) is 19.7 Å². The molecule has 8 heteroatoms. The number of aromatic nitrogens is 3. The number of piperazine rings is 1. The number of likely N-dealkylation sites (N-methyl/N-ethyl adjacent to an activating group) is 1. The van der Waals surface area contributed by atoms with E-state index in [0.717, 1.165) is 55.5 Å². The molecule has 1 saturated heterocycles. The van der Waals surface area contributed by atoms with Gasteiger partial charge in [-0.3, -0.25) is 14.5 Å². The van der Waals surface area contributed by atoms with Crippen LogP contribution >= 0.6 is 12.2 Å². The molecule has 7 nitrogen and oxygen atoms in total. The average Bonchev–Trinajstić information content (AvgIpc) is 3.19. The standard InChI is InChI=1S/C24H30N6OS/c1-3-28-14-16-29(17-15-28)21-7-5-4-6-20(21)25-22(31)12-13-30-23(26-27-24(30)32)19-10-8-18(2)9-11-19/h4-11H,3,12-17H2,1-2H3,(H,25,31)(H,27,32). The summed E-state index contributed by atoms with van der Waals surface area (Å²) in [6, 6.07) is 16.2. The molecule has 2 heterocycles. The van der Waals surface area contributed by atoms with Crippen LogP contribution in [0.2, 0.25) is 0 Å². The number of carbonyl (C=O) groups is 1. The zero-order chi connectivity index (χ0) is 22.5. The number of para-hydroxylation sites is 2. The minimum Gasteiger partial charge on any atom is -0.367 e. The Kier molecular flexibility index (Phi) is 7.02. The van der Waals surface area contributed by atoms with Gasteiger partial charge in [0.15, 0.2) is 10.6 Å². The highest BCUT2D eigenvalue weighted by molar-refractivity contribution is 7.71. The smallest absolute Gasteiger partial charge is 0.226 e. The van der Waals surface area contributed by atoms with Crippen molar-refractivity contribution in [2.75, 3.05) is 42.9 Å². The summed E-state index contributed by atoms with van der Waals surface area (Å²) in [5, 5.41) is 10.3. The van der Waals surface area contributed by atoms with Crippen LogP contribution in [0.3, 0.4) is 0 Å². The molecule has 2 aromatic carbocycles. The Morgan fingerprint density at radius 1 is 1.09 bits per heavy atom. The molecule has 1 aliphatic rings. The van der Waals surface area contributed by atoms with E-state index in [2.05, 4.69) is 38.3 Å². The first kappa shape index (κ1) is 22.2. The van der Waals surface area contributed by atoms with E-state index >= 15 is 0 Å². The first-order chi connectivity index (χ1) is 15.5. The molecule has 0 saturated carbocycles. The average molecular weight is 451 g/mol. The zero-order valence-electron chi connectivity index (χ0n) is 18.7. The number of nitrogens with zero attached hydrogens (tertiary/aromatic N) is 4. The van der Waals surface area contributed by atoms with Gasteiger partial charge in [0.25, 0.3) is 0 Å². The molecule has 1 fully saturated rings. The van der Waals surface area contributed by atoms with E-state index in [0.29, 0.717) is 17.7 Å². The molecule has 0 radical (unpaired) electrons. The maximum atomic E-state index is 12.8. The van der Waals surface area contributed by atoms with Gasteiger partial charge in [0.2, 0.25) is 5.91 Å². The monoisotopic (exact) mass is 450 g/mol. The molecule has 1 aliphatic heterocycles. The Morgan fingerprint density at radius 2 is 1.81 bits per heavy atom. The number of benzene rings is 2. The van der Waals surface area contributed by atoms with Gasteiger partial charge in [-0.1, -0.05) is 48.9 Å². The number of amides is 1. The predicted molar refractivity (Wildman–Crippen MR) is 132 cm³/mol. The van der Waals surface area contributed by atoms with Gasteiger partial charge >= 0.3 is 0 Å². The van der Waals surface area contributed by atoms with E-state index in [1.807, 2.05) is 54.0 Å². The van der Waals surface area contributed by atoms with Crippen molar-refractivity contribution in [2.45, 2.75) is 26.8 Å². The second-order valence-corrected chi connectivity index (χ2v) is 8.49. The fourth-order valence-corrected chi connectivity index (χ4v) is 4.26. The van der Waals surface area contributed by atoms with Crippen LogP contribution in [-0.4, -0.2) is 58.3 Å². The molecule has 2 N–H and O–H groups in total. The molecule has 0 unspecified atom stereocenters. The number of H-pyrrole nitrogens is 1. The van der Waals surface area contributed by atoms with Gasteiger partial charge in [-0.05, 0) is 37.8 Å². The number of aryl methyl sites for hydroxylation is 1. The van der Waals surface area contributed by atoms with Crippen molar-refractivity contribution in [3.63, 3.8) is 0 Å². The van der Waals surface area contributed by atoms with E-state index in [1.165, 1.54) is 5.56 Å². The molecule has 3 aromatic rings. The van der Waals surface area contributed by atoms with Crippen LogP contribution in [0, 0.1) is 11.7 Å². The molecule has 1 amide bonds. The molecular formula is C24H30N6OS. The van der Waals surface area contributed by atoms with Gasteiger partial charge in [0.1, 0.15) is 0 Å². The predicted octanol–water partition coefficient (Wildman–Crippen LogP) is 4.09. The lowest BCUT2D eigenvalue weighted by Gasteiger charge is -2.36. The Labute approximate surface area is 194 Å². The van der Waals surface area contributed by atoms with E-state index in [-0.39, 0.29) is 5.91 Å². The van der Waals surface area contributed by atoms with Crippen LogP contribution in [0.15, 0.2) is 48.5 Å². The lowest BCUT2D eigenvalue weighted by molar-refractivity contribution is -0.116. The maximum absolute atomic E-state index is 12.8. The molecule has 1 aromatic heterocycles. The Hall–Kier alpha value is -2.97. The highest BCUT2D eigenvalue weighted by Crippen LogP contribution is 2.27. The Morgan fingerprint density at radius 3 is 2.53 bits per heavy atom. The summed E-state index contributed by atoms with van der Waals surface area (Å²) < 4.78 is 2.40. The first-order valence-electron chi connectivity index (χ1n) is 11.1. The zero-order valence-corrected chi connectivity index (χ0v) is 19.5. The van der Waals surface area contributed by atoms with Crippen LogP contribution in [0.25, 0.3) is 11.4 Å². The summed E-state index contributed by atoms with van der Waals surface area (Å²) in [6.07, 6.45) is 0.310. The summed E-state index contributed by atoms with van der Waals surface area (Å²) in [7, 11) is 0. The fourth-order valence-electron chi connectivity index (χ4n) is 4.03. The molecule has 0 spiro atoms. The van der Waals surface area contributed by atoms with Crippen molar-refractivity contribution in [2.24, 2.45) is 0 Å². The lowest BCUT2D eigenvalue weighted by atomic mass is 10.1. The molecule has 32 heavy (non-hydrogen) atoms. The van der Waals surface area contributed by atoms with Crippen LogP contribution in [0.5, 0.6) is 0 Å². The third-order valence-electron chi connectivity index (χ3n) is 5.97. The molecule has 0 atom stereocenters. The van der Waals surface area contributed by atoms with Crippen molar-refractivity contribution < 1.29 is 4.79 Å². The second kappa shape index (κ2) is 10.1. The van der Waals surface area contributed by atoms with Crippen LogP contribution in [0.1, 0.15) is 18.9 Å². The van der Waals surface area contributed by atoms with Crippen molar-refractivity contribution in [3.05, 3.63) is 58.9 Å². The maximum Gasteiger partial charge on any atom is 0.226 e. The number of hydrogen-bond acceptors (Lipinski definition) is 5. The Balaban J connectivity index is 1.42. The largest absolute Gasteiger partial charge is 0.367 e. The highest BCUT2D eigenvalue weighted by Gasteiger charge is 2.19. The van der Waals surface area contributed by atoms with Crippen LogP contribution in [-0.2, 0) is 11.3 Å². The molecular weight excluding hydrogens is 420 g/mol. The molecule has 0 aliphatic carbocycles. The van der Waals surface area contributed by atoms with Gasteiger partial charge in [0, 0.05) is 44.7 Å². The second-order valence-electron chi connectivity index (χ2n) is 8.11. The number of aromatic amines is 1. The fraction of sp³-hybridized carbons (Fsp3) is 0.375. The van der Waals surface area contributed by atoms with E-state index in [4.69, 9.17) is 12.2 Å². The summed E-state index contributed by atoms with van der Waals surface area (Å²) >= 11 is 5.41. The summed E-state index contributed by atoms with van der Waals surface area (Å²) in [6.45, 7) is 9.79. The minimum absolute atomic E-state index is 0.0393. The van der Waals surface area contributed by atoms with Crippen LogP contribution in [0.4, 0.5) is 11.4 Å². The SMILES string of the molecule is CCN1CCN(c2ccccc2NC(=O)CCn2c(-c3ccc(C)cc3)n[nH]c2=S)CC1. The van der Waals surface area contributed by atoms with Gasteiger partial charge in [-0.25, -0.2) is 0 Å². The number of carbonyl (C=O) groups excluding carboxylic acids is 1. The number of nitrogens with one attached hydrogen (secondary N) is 2. The van der Waals surface area contributed by atoms with Crippen molar-refractivity contribution >= 4 is 29.5 Å². The lowest BCUT2D eigenvalue weighted by Crippen LogP contribution is -2.46. The normalized spacial score (nSPS) is 14.5. The van der Waals surface area contributed by atoms with Crippen molar-refractivity contribution in [3.8, 4) is 11.4 Å². The summed E-state index contributed by atoms with van der Waals surface area (Å²) in [5.74, 6) is 0.708. The topological polar surface area (TPSA) is 69.2 Å². The van der Waals surface area contributed by atoms with Crippen LogP contribution < -0.4 is 10.2 Å². The van der Waals surface area contributed by atoms with E-state index < -0.39 is 0 Å². The molecule has 0 bridgehead atoms. The first-order valence-corrected chi connectivity index (χ1v) is 11.5. The number of rotatable bonds is 7. The van der Waals surface area contributed by atoms with E-state index in [1.54, 1.807) is 0 Å². The molecule has 168 valence electrons. The summed E-state index contributed by atoms with van der Waals surface area (Å²) in [5.41, 5.74) is 4.09.